The largest absolute Gasteiger partial charge is 0.295 e. The molecule has 0 aromatic rings. The molecule has 0 aromatic carbocycles. The van der Waals surface area contributed by atoms with E-state index in [9.17, 15) is 4.79 Å². The van der Waals surface area contributed by atoms with Crippen LogP contribution in [0.25, 0.3) is 0 Å². The number of carbonyl (C=O) groups excluding carboxylic acids is 1. The highest BCUT2D eigenvalue weighted by molar-refractivity contribution is 5.87. The van der Waals surface area contributed by atoms with E-state index in [2.05, 4.69) is 40.7 Å². The van der Waals surface area contributed by atoms with Gasteiger partial charge in [0.1, 0.15) is 0 Å². The molecule has 0 aliphatic heterocycles. The predicted molar refractivity (Wildman–Crippen MR) is 66.8 cm³/mol. The zero-order valence-electron chi connectivity index (χ0n) is 10.9. The Bertz CT molecular complexity index is 264. The molecule has 1 unspecified atom stereocenters. The number of rotatable bonds is 4. The first kappa shape index (κ1) is 14.2. The maximum atomic E-state index is 10.9. The molecule has 0 heterocycles. The van der Waals surface area contributed by atoms with Crippen molar-refractivity contribution in [1.82, 2.24) is 0 Å². The second-order valence-corrected chi connectivity index (χ2v) is 5.20. The maximum absolute atomic E-state index is 10.9. The van der Waals surface area contributed by atoms with Crippen LogP contribution in [0.4, 0.5) is 0 Å². The zero-order chi connectivity index (χ0) is 12.1. The van der Waals surface area contributed by atoms with E-state index in [4.69, 9.17) is 0 Å². The summed E-state index contributed by atoms with van der Waals surface area (Å²) >= 11 is 0. The summed E-state index contributed by atoms with van der Waals surface area (Å²) in [4.78, 5) is 10.9. The predicted octanol–water partition coefficient (Wildman–Crippen LogP) is 4.15. The molecule has 0 radical (unpaired) electrons. The molecule has 0 aromatic heterocycles. The quantitative estimate of drug-likeness (QED) is 0.501. The Kier molecular flexibility index (Phi) is 5.56. The molecule has 86 valence electrons. The topological polar surface area (TPSA) is 17.1 Å². The van der Waals surface area contributed by atoms with Crippen LogP contribution in [0.1, 0.15) is 48.0 Å². The molecular formula is C14H24O. The molecule has 1 nitrogen and oxygen atoms in total. The van der Waals surface area contributed by atoms with Gasteiger partial charge in [0.15, 0.2) is 5.78 Å². The van der Waals surface area contributed by atoms with E-state index in [0.29, 0.717) is 5.92 Å². The van der Waals surface area contributed by atoms with Gasteiger partial charge in [-0.1, -0.05) is 53.2 Å². The highest BCUT2D eigenvalue weighted by Crippen LogP contribution is 2.28. The van der Waals surface area contributed by atoms with Gasteiger partial charge >= 0.3 is 0 Å². The molecule has 0 aliphatic carbocycles. The SMILES string of the molecule is CCC(C)/C=C(\C=C\C(C)=O)C(C)(C)C. The number of ketones is 1. The van der Waals surface area contributed by atoms with Crippen LogP contribution in [0, 0.1) is 11.3 Å². The van der Waals surface area contributed by atoms with E-state index in [1.165, 1.54) is 5.57 Å². The van der Waals surface area contributed by atoms with Crippen LogP contribution in [-0.4, -0.2) is 5.78 Å². The minimum atomic E-state index is 0.106. The molecule has 0 N–H and O–H groups in total. The van der Waals surface area contributed by atoms with Gasteiger partial charge in [-0.05, 0) is 29.9 Å². The van der Waals surface area contributed by atoms with E-state index in [1.54, 1.807) is 13.0 Å². The van der Waals surface area contributed by atoms with Gasteiger partial charge in [-0.15, -0.1) is 0 Å². The smallest absolute Gasteiger partial charge is 0.152 e. The van der Waals surface area contributed by atoms with Crippen molar-refractivity contribution in [3.8, 4) is 0 Å². The van der Waals surface area contributed by atoms with Gasteiger partial charge in [0.2, 0.25) is 0 Å². The van der Waals surface area contributed by atoms with Crippen molar-refractivity contribution >= 4 is 5.78 Å². The van der Waals surface area contributed by atoms with Gasteiger partial charge in [0, 0.05) is 0 Å². The average Bonchev–Trinajstić information content (AvgIpc) is 2.09. The van der Waals surface area contributed by atoms with Gasteiger partial charge in [-0.3, -0.25) is 4.79 Å². The normalized spacial score (nSPS) is 15.7. The van der Waals surface area contributed by atoms with Crippen molar-refractivity contribution in [1.29, 1.82) is 0 Å². The number of carbonyl (C=O) groups is 1. The molecule has 0 fully saturated rings. The van der Waals surface area contributed by atoms with E-state index < -0.39 is 0 Å². The number of hydrogen-bond acceptors (Lipinski definition) is 1. The first-order chi connectivity index (χ1) is 6.77. The van der Waals surface area contributed by atoms with Crippen LogP contribution in [-0.2, 0) is 4.79 Å². The molecule has 0 saturated carbocycles. The third-order valence-corrected chi connectivity index (χ3v) is 2.47. The second kappa shape index (κ2) is 5.89. The standard InChI is InChI=1S/C14H24O/c1-7-11(2)10-13(14(4,5)6)9-8-12(3)15/h8-11H,7H2,1-6H3/b9-8+,13-10+. The fourth-order valence-electron chi connectivity index (χ4n) is 1.19. The summed E-state index contributed by atoms with van der Waals surface area (Å²) in [5.41, 5.74) is 1.35. The Morgan fingerprint density at radius 2 is 1.80 bits per heavy atom. The minimum absolute atomic E-state index is 0.106. The molecule has 0 saturated heterocycles. The first-order valence-corrected chi connectivity index (χ1v) is 5.68. The second-order valence-electron chi connectivity index (χ2n) is 5.20. The molecule has 0 spiro atoms. The summed E-state index contributed by atoms with van der Waals surface area (Å²) in [6, 6.07) is 0. The van der Waals surface area contributed by atoms with Gasteiger partial charge in [-0.25, -0.2) is 0 Å². The summed E-state index contributed by atoms with van der Waals surface area (Å²) in [5, 5.41) is 0. The van der Waals surface area contributed by atoms with Crippen molar-refractivity contribution in [3.05, 3.63) is 23.8 Å². The lowest BCUT2D eigenvalue weighted by Gasteiger charge is -2.21. The molecule has 0 bridgehead atoms. The van der Waals surface area contributed by atoms with Gasteiger partial charge in [0.05, 0.1) is 0 Å². The monoisotopic (exact) mass is 208 g/mol. The van der Waals surface area contributed by atoms with Crippen LogP contribution in [0.2, 0.25) is 0 Å². The molecule has 1 heteroatoms. The minimum Gasteiger partial charge on any atom is -0.295 e. The first-order valence-electron chi connectivity index (χ1n) is 5.68. The van der Waals surface area contributed by atoms with Crippen molar-refractivity contribution in [2.24, 2.45) is 11.3 Å². The van der Waals surface area contributed by atoms with Crippen LogP contribution in [0.5, 0.6) is 0 Å². The lowest BCUT2D eigenvalue weighted by Crippen LogP contribution is -2.09. The van der Waals surface area contributed by atoms with Crippen molar-refractivity contribution in [2.45, 2.75) is 48.0 Å². The van der Waals surface area contributed by atoms with Crippen molar-refractivity contribution < 1.29 is 4.79 Å². The molecule has 0 amide bonds. The maximum Gasteiger partial charge on any atom is 0.152 e. The fraction of sp³-hybridized carbons (Fsp3) is 0.643. The van der Waals surface area contributed by atoms with Crippen molar-refractivity contribution in [3.63, 3.8) is 0 Å². The zero-order valence-corrected chi connectivity index (χ0v) is 10.9. The Hall–Kier alpha value is -0.850. The molecule has 1 atom stereocenters. The summed E-state index contributed by atoms with van der Waals surface area (Å²) < 4.78 is 0. The third-order valence-electron chi connectivity index (χ3n) is 2.47. The number of allylic oxidation sites excluding steroid dienone is 4. The summed E-state index contributed by atoms with van der Waals surface area (Å²) in [5.74, 6) is 0.671. The Morgan fingerprint density at radius 3 is 2.13 bits per heavy atom. The van der Waals surface area contributed by atoms with E-state index in [1.807, 2.05) is 6.08 Å². The molecule has 0 rings (SSSR count). The molecule has 0 aliphatic rings. The average molecular weight is 208 g/mol. The van der Waals surface area contributed by atoms with E-state index in [0.717, 1.165) is 6.42 Å². The van der Waals surface area contributed by atoms with Crippen LogP contribution < -0.4 is 0 Å². The van der Waals surface area contributed by atoms with E-state index >= 15 is 0 Å². The Morgan fingerprint density at radius 1 is 1.27 bits per heavy atom. The summed E-state index contributed by atoms with van der Waals surface area (Å²) in [6.45, 7) is 12.5. The van der Waals surface area contributed by atoms with Crippen LogP contribution >= 0.6 is 0 Å². The molecule has 15 heavy (non-hydrogen) atoms. The third kappa shape index (κ3) is 6.27. The van der Waals surface area contributed by atoms with Crippen molar-refractivity contribution in [2.75, 3.05) is 0 Å². The van der Waals surface area contributed by atoms with Crippen LogP contribution in [0.3, 0.4) is 0 Å². The van der Waals surface area contributed by atoms with Gasteiger partial charge in [0.25, 0.3) is 0 Å². The van der Waals surface area contributed by atoms with Gasteiger partial charge < -0.3 is 0 Å². The Labute approximate surface area is 94.3 Å². The molecular weight excluding hydrogens is 184 g/mol. The summed E-state index contributed by atoms with van der Waals surface area (Å²) in [6.07, 6.45) is 7.00. The lowest BCUT2D eigenvalue weighted by atomic mass is 9.84. The van der Waals surface area contributed by atoms with E-state index in [-0.39, 0.29) is 11.2 Å². The highest BCUT2D eigenvalue weighted by Gasteiger charge is 2.15. The number of hydrogen-bond donors (Lipinski definition) is 0. The summed E-state index contributed by atoms with van der Waals surface area (Å²) in [7, 11) is 0. The van der Waals surface area contributed by atoms with Crippen LogP contribution in [0.15, 0.2) is 23.8 Å². The van der Waals surface area contributed by atoms with Gasteiger partial charge in [-0.2, -0.15) is 0 Å². The Balaban J connectivity index is 4.91. The fourth-order valence-corrected chi connectivity index (χ4v) is 1.19. The lowest BCUT2D eigenvalue weighted by molar-refractivity contribution is -0.112. The highest BCUT2D eigenvalue weighted by atomic mass is 16.1.